The molecule has 0 radical (unpaired) electrons. The number of aromatic hydroxyl groups is 1. The Morgan fingerprint density at radius 3 is 2.50 bits per heavy atom. The van der Waals surface area contributed by atoms with E-state index in [1.165, 1.54) is 0 Å². The predicted octanol–water partition coefficient (Wildman–Crippen LogP) is 3.65. The maximum absolute atomic E-state index is 13.2. The molecule has 0 fully saturated rings. The third kappa shape index (κ3) is 6.77. The highest BCUT2D eigenvalue weighted by Crippen LogP contribution is 2.30. The van der Waals surface area contributed by atoms with Gasteiger partial charge in [0.15, 0.2) is 0 Å². The van der Waals surface area contributed by atoms with Crippen LogP contribution in [0.15, 0.2) is 66.7 Å². The van der Waals surface area contributed by atoms with Crippen LogP contribution in [0, 0.1) is 11.3 Å². The highest BCUT2D eigenvalue weighted by molar-refractivity contribution is 5.96. The number of benzene rings is 3. The molecule has 3 N–H and O–H groups in total. The Morgan fingerprint density at radius 1 is 0.868 bits per heavy atom. The molecule has 8 nitrogen and oxygen atoms in total. The van der Waals surface area contributed by atoms with Gasteiger partial charge in [0, 0.05) is 49.3 Å². The summed E-state index contributed by atoms with van der Waals surface area (Å²) in [6.07, 6.45) is 1.85. The Balaban J connectivity index is 1.53. The molecule has 1 heterocycles. The number of fused-ring (bicyclic) bond motifs is 5. The summed E-state index contributed by atoms with van der Waals surface area (Å²) in [5.74, 6) is -0.437. The van der Waals surface area contributed by atoms with E-state index < -0.39 is 0 Å². The van der Waals surface area contributed by atoms with Gasteiger partial charge in [-0.15, -0.1) is 0 Å². The molecule has 1 aliphatic heterocycles. The summed E-state index contributed by atoms with van der Waals surface area (Å²) >= 11 is 0. The van der Waals surface area contributed by atoms with Gasteiger partial charge in [0.05, 0.1) is 11.6 Å². The number of hydrogen-bond donors (Lipinski definition) is 3. The van der Waals surface area contributed by atoms with E-state index in [2.05, 4.69) is 16.7 Å². The molecule has 0 aromatic heterocycles. The molecule has 3 amide bonds. The average molecular weight is 511 g/mol. The number of amides is 3. The van der Waals surface area contributed by atoms with Gasteiger partial charge in [-0.3, -0.25) is 14.4 Å². The van der Waals surface area contributed by atoms with Crippen molar-refractivity contribution in [2.75, 3.05) is 26.2 Å². The van der Waals surface area contributed by atoms with Gasteiger partial charge in [0.25, 0.3) is 11.8 Å². The Morgan fingerprint density at radius 2 is 1.66 bits per heavy atom. The molecule has 4 rings (SSSR count). The van der Waals surface area contributed by atoms with E-state index in [4.69, 9.17) is 0 Å². The van der Waals surface area contributed by atoms with E-state index in [-0.39, 0.29) is 29.9 Å². The number of nitrogens with one attached hydrogen (secondary N) is 2. The Labute approximate surface area is 221 Å². The summed E-state index contributed by atoms with van der Waals surface area (Å²) in [5, 5.41) is 25.5. The Kier molecular flexibility index (Phi) is 8.73. The van der Waals surface area contributed by atoms with Gasteiger partial charge in [-0.2, -0.15) is 5.26 Å². The fourth-order valence-electron chi connectivity index (χ4n) is 4.46. The lowest BCUT2D eigenvalue weighted by Crippen LogP contribution is -2.36. The number of carbonyl (C=O) groups excluding carboxylic acids is 3. The summed E-state index contributed by atoms with van der Waals surface area (Å²) in [6.45, 7) is 1.55. The Hall–Kier alpha value is -4.64. The lowest BCUT2D eigenvalue weighted by molar-refractivity contribution is -0.121. The maximum Gasteiger partial charge on any atom is 0.253 e. The average Bonchev–Trinajstić information content (AvgIpc) is 2.94. The van der Waals surface area contributed by atoms with Gasteiger partial charge in [-0.25, -0.2) is 0 Å². The van der Waals surface area contributed by atoms with Gasteiger partial charge in [-0.05, 0) is 72.9 Å². The lowest BCUT2D eigenvalue weighted by atomic mass is 9.98. The van der Waals surface area contributed by atoms with Gasteiger partial charge in [0.1, 0.15) is 5.75 Å². The molecule has 8 heteroatoms. The second kappa shape index (κ2) is 12.5. The quantitative estimate of drug-likeness (QED) is 0.461. The van der Waals surface area contributed by atoms with E-state index in [9.17, 15) is 24.8 Å². The van der Waals surface area contributed by atoms with Gasteiger partial charge < -0.3 is 20.6 Å². The van der Waals surface area contributed by atoms with Gasteiger partial charge in [0.2, 0.25) is 5.91 Å². The zero-order chi connectivity index (χ0) is 26.9. The first-order valence-corrected chi connectivity index (χ1v) is 12.7. The molecule has 0 unspecified atom stereocenters. The Bertz CT molecular complexity index is 1380. The van der Waals surface area contributed by atoms with Gasteiger partial charge in [-0.1, -0.05) is 24.3 Å². The largest absolute Gasteiger partial charge is 0.507 e. The molecule has 3 aromatic rings. The topological polar surface area (TPSA) is 123 Å². The highest BCUT2D eigenvalue weighted by atomic mass is 16.3. The minimum atomic E-state index is -0.241. The standard InChI is InChI=1S/C30H30N4O4/c31-20-22-5-1-8-25(17-22)30(38)34-15-3-9-28(36)32-14-12-21-10-11-27(35)26(18-21)23-6-2-7-24(19-23)29(37)33-13-4-16-34/h1-2,5-8,10-11,17-19,35H,3-4,9,12-16H2,(H,32,36)(H,33,37). The van der Waals surface area contributed by atoms with Crippen molar-refractivity contribution >= 4 is 17.7 Å². The van der Waals surface area contributed by atoms with E-state index in [0.717, 1.165) is 11.1 Å². The van der Waals surface area contributed by atoms with Crippen LogP contribution in [0.1, 0.15) is 51.1 Å². The summed E-state index contributed by atoms with van der Waals surface area (Å²) < 4.78 is 0. The molecule has 0 saturated heterocycles. The molecular formula is C30H30N4O4. The van der Waals surface area contributed by atoms with E-state index in [1.807, 2.05) is 18.2 Å². The number of carbonyl (C=O) groups is 3. The maximum atomic E-state index is 13.2. The predicted molar refractivity (Wildman–Crippen MR) is 144 cm³/mol. The molecule has 194 valence electrons. The monoisotopic (exact) mass is 510 g/mol. The summed E-state index contributed by atoms with van der Waals surface area (Å²) in [7, 11) is 0. The first-order valence-electron chi connectivity index (χ1n) is 12.7. The summed E-state index contributed by atoms with van der Waals surface area (Å²) in [5.41, 5.74) is 3.57. The van der Waals surface area contributed by atoms with E-state index >= 15 is 0 Å². The van der Waals surface area contributed by atoms with Crippen molar-refractivity contribution in [3.63, 3.8) is 0 Å². The number of phenolic OH excluding ortho intramolecular Hbond substituents is 1. The summed E-state index contributed by atoms with van der Waals surface area (Å²) in [4.78, 5) is 40.2. The first-order chi connectivity index (χ1) is 18.4. The number of hydrogen-bond acceptors (Lipinski definition) is 5. The van der Waals surface area contributed by atoms with Crippen LogP contribution in [-0.2, 0) is 11.2 Å². The molecule has 1 aliphatic rings. The normalized spacial score (nSPS) is 15.2. The minimum Gasteiger partial charge on any atom is -0.507 e. The van der Waals surface area contributed by atoms with Crippen LogP contribution in [-0.4, -0.2) is 53.9 Å². The number of nitriles is 1. The molecule has 4 bridgehead atoms. The fourth-order valence-corrected chi connectivity index (χ4v) is 4.46. The van der Waals surface area contributed by atoms with Crippen molar-refractivity contribution in [1.82, 2.24) is 15.5 Å². The van der Waals surface area contributed by atoms with Crippen LogP contribution < -0.4 is 10.6 Å². The van der Waals surface area contributed by atoms with Gasteiger partial charge >= 0.3 is 0 Å². The third-order valence-corrected chi connectivity index (χ3v) is 6.48. The number of rotatable bonds is 1. The van der Waals surface area contributed by atoms with Crippen molar-refractivity contribution in [2.24, 2.45) is 0 Å². The van der Waals surface area contributed by atoms with Crippen LogP contribution in [0.2, 0.25) is 0 Å². The van der Waals surface area contributed by atoms with Crippen molar-refractivity contribution < 1.29 is 19.5 Å². The zero-order valence-corrected chi connectivity index (χ0v) is 21.1. The zero-order valence-electron chi connectivity index (χ0n) is 21.1. The third-order valence-electron chi connectivity index (χ3n) is 6.48. The van der Waals surface area contributed by atoms with E-state index in [0.29, 0.717) is 67.7 Å². The SMILES string of the molecule is N#Cc1cccc(C(=O)N2CCCNC(=O)c3cccc(c3)-c3cc(ccc3O)CCNC(=O)CCC2)c1. The van der Waals surface area contributed by atoms with Crippen molar-refractivity contribution in [3.8, 4) is 22.9 Å². The molecule has 0 spiro atoms. The number of phenols is 1. The second-order valence-electron chi connectivity index (χ2n) is 9.23. The van der Waals surface area contributed by atoms with Crippen molar-refractivity contribution in [2.45, 2.75) is 25.7 Å². The fraction of sp³-hybridized carbons (Fsp3) is 0.267. The minimum absolute atomic E-state index is 0.0965. The molecule has 38 heavy (non-hydrogen) atoms. The lowest BCUT2D eigenvalue weighted by Gasteiger charge is -2.23. The van der Waals surface area contributed by atoms with Crippen molar-refractivity contribution in [1.29, 1.82) is 5.26 Å². The molecular weight excluding hydrogens is 480 g/mol. The number of nitrogens with zero attached hydrogens (tertiary/aromatic N) is 2. The van der Waals surface area contributed by atoms with E-state index in [1.54, 1.807) is 53.4 Å². The van der Waals surface area contributed by atoms with Crippen LogP contribution in [0.4, 0.5) is 0 Å². The van der Waals surface area contributed by atoms with Crippen LogP contribution in [0.3, 0.4) is 0 Å². The van der Waals surface area contributed by atoms with Crippen molar-refractivity contribution in [3.05, 3.63) is 89.0 Å². The molecule has 0 saturated carbocycles. The molecule has 3 aromatic carbocycles. The first kappa shape index (κ1) is 26.4. The molecule has 0 atom stereocenters. The van der Waals surface area contributed by atoms with Crippen LogP contribution >= 0.6 is 0 Å². The van der Waals surface area contributed by atoms with Crippen LogP contribution in [0.5, 0.6) is 5.75 Å². The molecule has 0 aliphatic carbocycles. The summed E-state index contributed by atoms with van der Waals surface area (Å²) in [6, 6.07) is 21.0. The highest BCUT2D eigenvalue weighted by Gasteiger charge is 2.17. The van der Waals surface area contributed by atoms with Crippen LogP contribution in [0.25, 0.3) is 11.1 Å². The second-order valence-corrected chi connectivity index (χ2v) is 9.23. The smallest absolute Gasteiger partial charge is 0.253 e.